The molecule has 1 atom stereocenters. The highest BCUT2D eigenvalue weighted by Crippen LogP contribution is 2.30. The van der Waals surface area contributed by atoms with Gasteiger partial charge in [0.05, 0.1) is 12.0 Å². The highest BCUT2D eigenvalue weighted by atomic mass is 19.4. The van der Waals surface area contributed by atoms with Crippen molar-refractivity contribution in [3.63, 3.8) is 0 Å². The normalized spacial score (nSPS) is 15.8. The lowest BCUT2D eigenvalue weighted by atomic mass is 9.97. The predicted molar refractivity (Wildman–Crippen MR) is 134 cm³/mol. The Kier molecular flexibility index (Phi) is 7.47. The zero-order valence-corrected chi connectivity index (χ0v) is 19.7. The van der Waals surface area contributed by atoms with Crippen LogP contribution in [0.15, 0.2) is 72.8 Å². The Hall–Kier alpha value is -4.34. The average Bonchev–Trinajstić information content (AvgIpc) is 2.85. The van der Waals surface area contributed by atoms with Crippen LogP contribution in [0.1, 0.15) is 24.0 Å². The van der Waals surface area contributed by atoms with Crippen LogP contribution in [0.5, 0.6) is 0 Å². The number of halogens is 3. The first kappa shape index (κ1) is 25.7. The number of alkyl halides is 3. The van der Waals surface area contributed by atoms with Crippen LogP contribution in [0.25, 0.3) is 11.1 Å². The first-order valence-electron chi connectivity index (χ1n) is 11.6. The van der Waals surface area contributed by atoms with Gasteiger partial charge in [-0.1, -0.05) is 36.4 Å². The Morgan fingerprint density at radius 3 is 2.30 bits per heavy atom. The lowest BCUT2D eigenvalue weighted by Crippen LogP contribution is -2.53. The van der Waals surface area contributed by atoms with E-state index in [1.54, 1.807) is 17.0 Å². The summed E-state index contributed by atoms with van der Waals surface area (Å²) in [7, 11) is 0. The Morgan fingerprint density at radius 2 is 1.65 bits per heavy atom. The van der Waals surface area contributed by atoms with Crippen LogP contribution >= 0.6 is 0 Å². The fourth-order valence-corrected chi connectivity index (χ4v) is 4.30. The van der Waals surface area contributed by atoms with Gasteiger partial charge in [-0.05, 0) is 65.9 Å². The molecular weight excluding hydrogens is 485 g/mol. The van der Waals surface area contributed by atoms with E-state index >= 15 is 0 Å². The second kappa shape index (κ2) is 10.7. The van der Waals surface area contributed by atoms with Crippen molar-refractivity contribution in [3.8, 4) is 11.1 Å². The molecule has 0 saturated carbocycles. The summed E-state index contributed by atoms with van der Waals surface area (Å²) in [6.45, 7) is 0.481. The van der Waals surface area contributed by atoms with Crippen molar-refractivity contribution in [2.24, 2.45) is 5.73 Å². The quantitative estimate of drug-likeness (QED) is 0.447. The molecule has 0 radical (unpaired) electrons. The lowest BCUT2D eigenvalue weighted by molar-refractivity contribution is -0.137. The van der Waals surface area contributed by atoms with E-state index in [-0.39, 0.29) is 18.0 Å². The van der Waals surface area contributed by atoms with E-state index in [0.717, 1.165) is 41.0 Å². The molecule has 3 aromatic rings. The van der Waals surface area contributed by atoms with Gasteiger partial charge < -0.3 is 21.3 Å². The van der Waals surface area contributed by atoms with Gasteiger partial charge in [-0.15, -0.1) is 0 Å². The van der Waals surface area contributed by atoms with Crippen molar-refractivity contribution in [1.82, 2.24) is 5.32 Å². The Morgan fingerprint density at radius 1 is 0.973 bits per heavy atom. The first-order chi connectivity index (χ1) is 17.6. The fraction of sp³-hybridized carbons (Fsp3) is 0.222. The summed E-state index contributed by atoms with van der Waals surface area (Å²) < 4.78 is 38.2. The zero-order valence-electron chi connectivity index (χ0n) is 19.7. The number of carbonyl (C=O) groups is 3. The summed E-state index contributed by atoms with van der Waals surface area (Å²) in [6.07, 6.45) is -3.26. The molecule has 1 aliphatic rings. The number of primary amides is 1. The number of rotatable bonds is 6. The second-order valence-electron chi connectivity index (χ2n) is 8.71. The van der Waals surface area contributed by atoms with Gasteiger partial charge >= 0.3 is 12.2 Å². The van der Waals surface area contributed by atoms with Crippen LogP contribution in [-0.4, -0.2) is 30.4 Å². The van der Waals surface area contributed by atoms with Gasteiger partial charge in [-0.2, -0.15) is 13.2 Å². The van der Waals surface area contributed by atoms with Crippen molar-refractivity contribution < 1.29 is 27.6 Å². The molecule has 4 rings (SSSR count). The number of urea groups is 1. The Bertz CT molecular complexity index is 1290. The SMILES string of the molecule is NC(=O)Cc1ccccc1-c1ccc(N2CCCC(NC(=O)Nc3ccc(C(F)(F)F)cc3)C2=O)cc1. The molecule has 3 aromatic carbocycles. The van der Waals surface area contributed by atoms with Crippen LogP contribution < -0.4 is 21.3 Å². The van der Waals surface area contributed by atoms with E-state index in [0.29, 0.717) is 25.1 Å². The molecule has 1 saturated heterocycles. The molecule has 7 nitrogen and oxygen atoms in total. The molecule has 1 fully saturated rings. The third-order valence-electron chi connectivity index (χ3n) is 6.09. The van der Waals surface area contributed by atoms with Gasteiger partial charge in [-0.3, -0.25) is 9.59 Å². The Balaban J connectivity index is 1.41. The van der Waals surface area contributed by atoms with Crippen molar-refractivity contribution in [3.05, 3.63) is 83.9 Å². The fourth-order valence-electron chi connectivity index (χ4n) is 4.30. The minimum absolute atomic E-state index is 0.115. The van der Waals surface area contributed by atoms with Crippen molar-refractivity contribution in [2.75, 3.05) is 16.8 Å². The van der Waals surface area contributed by atoms with Gasteiger partial charge in [0.2, 0.25) is 11.8 Å². The largest absolute Gasteiger partial charge is 0.416 e. The maximum Gasteiger partial charge on any atom is 0.416 e. The second-order valence-corrected chi connectivity index (χ2v) is 8.71. The van der Waals surface area contributed by atoms with E-state index in [9.17, 15) is 27.6 Å². The summed E-state index contributed by atoms with van der Waals surface area (Å²) in [4.78, 5) is 38.5. The highest BCUT2D eigenvalue weighted by molar-refractivity contribution is 6.01. The molecule has 1 aliphatic heterocycles. The van der Waals surface area contributed by atoms with Crippen molar-refractivity contribution in [1.29, 1.82) is 0 Å². The molecule has 0 aliphatic carbocycles. The molecule has 10 heteroatoms. The number of amides is 4. The molecule has 4 amide bonds. The van der Waals surface area contributed by atoms with E-state index in [4.69, 9.17) is 5.73 Å². The molecule has 0 bridgehead atoms. The summed E-state index contributed by atoms with van der Waals surface area (Å²) in [5.74, 6) is -0.709. The number of nitrogens with one attached hydrogen (secondary N) is 2. The standard InChI is InChI=1S/C27H25F3N4O3/c28-27(29,30)19-9-11-20(12-10-19)32-26(37)33-23-6-3-15-34(25(23)36)21-13-7-17(8-14-21)22-5-2-1-4-18(22)16-24(31)35/h1-2,4-5,7-14,23H,3,6,15-16H2,(H2,31,35)(H2,32,33,37). The van der Waals surface area contributed by atoms with Gasteiger partial charge in [0.1, 0.15) is 6.04 Å². The van der Waals surface area contributed by atoms with Gasteiger partial charge in [0.25, 0.3) is 0 Å². The van der Waals surface area contributed by atoms with Crippen LogP contribution in [0.2, 0.25) is 0 Å². The Labute approximate surface area is 211 Å². The number of nitrogens with two attached hydrogens (primary N) is 1. The van der Waals surface area contributed by atoms with Crippen LogP contribution in [0, 0.1) is 0 Å². The molecule has 37 heavy (non-hydrogen) atoms. The van der Waals surface area contributed by atoms with Crippen LogP contribution in [0.3, 0.4) is 0 Å². The lowest BCUT2D eigenvalue weighted by Gasteiger charge is -2.32. The number of nitrogens with zero attached hydrogens (tertiary/aromatic N) is 1. The molecule has 4 N–H and O–H groups in total. The van der Waals surface area contributed by atoms with E-state index < -0.39 is 29.7 Å². The van der Waals surface area contributed by atoms with Crippen LogP contribution in [0.4, 0.5) is 29.3 Å². The van der Waals surface area contributed by atoms with Gasteiger partial charge in [0, 0.05) is 17.9 Å². The minimum Gasteiger partial charge on any atom is -0.369 e. The minimum atomic E-state index is -4.47. The van der Waals surface area contributed by atoms with Gasteiger partial charge in [-0.25, -0.2) is 4.79 Å². The summed E-state index contributed by atoms with van der Waals surface area (Å²) in [6, 6.07) is 17.4. The van der Waals surface area contributed by atoms with E-state index in [1.807, 2.05) is 36.4 Å². The van der Waals surface area contributed by atoms with Crippen molar-refractivity contribution >= 4 is 29.2 Å². The third kappa shape index (κ3) is 6.27. The molecule has 1 unspecified atom stereocenters. The number of hydrogen-bond acceptors (Lipinski definition) is 3. The molecule has 192 valence electrons. The molecular formula is C27H25F3N4O3. The van der Waals surface area contributed by atoms with Crippen molar-refractivity contribution in [2.45, 2.75) is 31.5 Å². The number of hydrogen-bond donors (Lipinski definition) is 3. The first-order valence-corrected chi connectivity index (χ1v) is 11.6. The highest BCUT2D eigenvalue weighted by Gasteiger charge is 2.32. The van der Waals surface area contributed by atoms with E-state index in [2.05, 4.69) is 10.6 Å². The zero-order chi connectivity index (χ0) is 26.6. The van der Waals surface area contributed by atoms with Crippen LogP contribution in [-0.2, 0) is 22.2 Å². The van der Waals surface area contributed by atoms with Gasteiger partial charge in [0.15, 0.2) is 0 Å². The molecule has 0 aromatic heterocycles. The smallest absolute Gasteiger partial charge is 0.369 e. The summed E-state index contributed by atoms with van der Waals surface area (Å²) >= 11 is 0. The molecule has 1 heterocycles. The van der Waals surface area contributed by atoms with E-state index in [1.165, 1.54) is 0 Å². The monoisotopic (exact) mass is 510 g/mol. The third-order valence-corrected chi connectivity index (χ3v) is 6.09. The predicted octanol–water partition coefficient (Wildman–Crippen LogP) is 4.72. The maximum atomic E-state index is 13.1. The number of benzene rings is 3. The summed E-state index contributed by atoms with van der Waals surface area (Å²) in [5.41, 5.74) is 7.93. The maximum absolute atomic E-state index is 13.1. The number of piperidine rings is 1. The average molecular weight is 511 g/mol. The molecule has 0 spiro atoms. The summed E-state index contributed by atoms with van der Waals surface area (Å²) in [5, 5.41) is 5.08. The number of carbonyl (C=O) groups excluding carboxylic acids is 3. The topological polar surface area (TPSA) is 105 Å². The number of anilines is 2.